The zero-order valence-corrected chi connectivity index (χ0v) is 53.5. The van der Waals surface area contributed by atoms with E-state index in [4.69, 9.17) is 28.4 Å². The van der Waals surface area contributed by atoms with Gasteiger partial charge in [0.05, 0.1) is 18.6 Å². The van der Waals surface area contributed by atoms with Crippen LogP contribution in [0.25, 0.3) is 11.1 Å². The van der Waals surface area contributed by atoms with Gasteiger partial charge in [-0.2, -0.15) is 0 Å². The topological polar surface area (TPSA) is 305 Å². The van der Waals surface area contributed by atoms with Gasteiger partial charge < -0.3 is 71.0 Å². The minimum Gasteiger partial charge on any atom is -0.461 e. The smallest absolute Gasteiger partial charge is 0.407 e. The molecule has 8 amide bonds. The molecular weight excluding hydrogens is 1130 g/mol. The highest BCUT2D eigenvalue weighted by Gasteiger charge is 2.34. The summed E-state index contributed by atoms with van der Waals surface area (Å²) in [7, 11) is 0. The van der Waals surface area contributed by atoms with Crippen molar-refractivity contribution in [1.29, 1.82) is 0 Å². The number of alkyl carbamates (subject to hydrolysis) is 4. The molecule has 0 spiro atoms. The number of carbonyl (C=O) groups is 9. The first-order chi connectivity index (χ1) is 41.4. The second-order valence-electron chi connectivity index (χ2n) is 25.6. The van der Waals surface area contributed by atoms with Crippen LogP contribution in [0.2, 0.25) is 0 Å². The second kappa shape index (κ2) is 35.1. The maximum Gasteiger partial charge on any atom is 0.407 e. The minimum absolute atomic E-state index is 0.0131. The molecule has 0 aliphatic heterocycles. The molecule has 486 valence electrons. The van der Waals surface area contributed by atoms with E-state index in [-0.39, 0.29) is 90.4 Å². The standard InChI is InChI=1S/C65H96N8O15/c1-62(2,3)85-42-52(73-61(82)84-41-48-46-30-18-16-28-44(46)45-29-17-19-31-47(45)48)57(78)72-51(34-22-25-38-69-60(81)88-65(10,11)12)56(77)71-50(33-21-24-37-68-59(80)87-64(7,8)9)55(76)70-49(32-20-23-36-67-58(79)86-63(4,5)6)54(75)66-39-35-53(74)83-40-43-26-14-13-15-27-43/h13-19,26-31,48-52H,20-25,32-42H2,1-12H3,(H,66,75)(H,67,79)(H,68,80)(H,69,81)(H,70,76)(H,71,77)(H,72,78)(H,73,82)/t49-,50-,51-,52-/m0/s1. The third-order valence-corrected chi connectivity index (χ3v) is 13.2. The maximum absolute atomic E-state index is 14.8. The molecule has 0 unspecified atom stereocenters. The fraction of sp³-hybridized carbons (Fsp3) is 0.585. The largest absolute Gasteiger partial charge is 0.461 e. The average Bonchev–Trinajstić information content (AvgIpc) is 2.03. The lowest BCUT2D eigenvalue weighted by molar-refractivity contribution is -0.145. The Balaban J connectivity index is 1.59. The molecule has 4 rings (SSSR count). The lowest BCUT2D eigenvalue weighted by Crippen LogP contribution is -2.59. The normalized spacial score (nSPS) is 13.5. The highest BCUT2D eigenvalue weighted by Crippen LogP contribution is 2.44. The molecule has 3 aromatic rings. The molecule has 8 N–H and O–H groups in total. The predicted octanol–water partition coefficient (Wildman–Crippen LogP) is 8.50. The van der Waals surface area contributed by atoms with Gasteiger partial charge in [0.2, 0.25) is 23.6 Å². The Kier molecular flexibility index (Phi) is 29.0. The SMILES string of the molecule is CC(C)(C)OC[C@H](NC(=O)OCC1c2ccccc2-c2ccccc21)C(=O)N[C@@H](CCCCNC(=O)OC(C)(C)C)C(=O)N[C@@H](CCCCNC(=O)OC(C)(C)C)C(=O)N[C@@H](CCCCNC(=O)OC(C)(C)C)C(=O)NCCC(=O)OCc1ccccc1. The number of hydrogen-bond acceptors (Lipinski definition) is 15. The highest BCUT2D eigenvalue weighted by atomic mass is 16.6. The molecule has 0 fully saturated rings. The van der Waals surface area contributed by atoms with Gasteiger partial charge in [0.25, 0.3) is 0 Å². The molecule has 1 aliphatic carbocycles. The van der Waals surface area contributed by atoms with E-state index in [1.54, 1.807) is 83.1 Å². The summed E-state index contributed by atoms with van der Waals surface area (Å²) in [5.41, 5.74) is 1.80. The number of hydrogen-bond donors (Lipinski definition) is 8. The molecule has 0 bridgehead atoms. The molecule has 0 saturated carbocycles. The Bertz CT molecular complexity index is 2720. The van der Waals surface area contributed by atoms with E-state index in [9.17, 15) is 43.2 Å². The van der Waals surface area contributed by atoms with Crippen LogP contribution in [0.3, 0.4) is 0 Å². The molecule has 4 atom stereocenters. The minimum atomic E-state index is -1.39. The van der Waals surface area contributed by atoms with Crippen LogP contribution in [0.5, 0.6) is 0 Å². The van der Waals surface area contributed by atoms with Crippen molar-refractivity contribution in [2.24, 2.45) is 0 Å². The Labute approximate surface area is 518 Å². The number of carbonyl (C=O) groups excluding carboxylic acids is 9. The van der Waals surface area contributed by atoms with E-state index in [1.165, 1.54) is 0 Å². The molecule has 1 aliphatic rings. The first-order valence-corrected chi connectivity index (χ1v) is 30.4. The Morgan fingerprint density at radius 3 is 1.23 bits per heavy atom. The van der Waals surface area contributed by atoms with E-state index >= 15 is 0 Å². The molecule has 88 heavy (non-hydrogen) atoms. The highest BCUT2D eigenvalue weighted by molar-refractivity contribution is 5.95. The van der Waals surface area contributed by atoms with Gasteiger partial charge in [-0.1, -0.05) is 78.9 Å². The number of fused-ring (bicyclic) bond motifs is 3. The van der Waals surface area contributed by atoms with Crippen molar-refractivity contribution in [2.75, 3.05) is 39.4 Å². The van der Waals surface area contributed by atoms with Gasteiger partial charge in [-0.25, -0.2) is 19.2 Å². The summed E-state index contributed by atoms with van der Waals surface area (Å²) in [4.78, 5) is 122. The number of amides is 8. The fourth-order valence-corrected chi connectivity index (χ4v) is 9.08. The number of ether oxygens (including phenoxy) is 6. The Hall–Kier alpha value is -7.95. The van der Waals surface area contributed by atoms with Crippen molar-refractivity contribution in [3.63, 3.8) is 0 Å². The van der Waals surface area contributed by atoms with Crippen molar-refractivity contribution >= 4 is 54.0 Å². The van der Waals surface area contributed by atoms with Crippen LogP contribution in [0, 0.1) is 0 Å². The van der Waals surface area contributed by atoms with Gasteiger partial charge in [0, 0.05) is 32.1 Å². The van der Waals surface area contributed by atoms with Crippen molar-refractivity contribution in [3.05, 3.63) is 95.6 Å². The summed E-state index contributed by atoms with van der Waals surface area (Å²) in [6.07, 6.45) is -1.08. The van der Waals surface area contributed by atoms with E-state index in [2.05, 4.69) is 42.5 Å². The zero-order chi connectivity index (χ0) is 65.1. The van der Waals surface area contributed by atoms with Crippen molar-refractivity contribution < 1.29 is 71.6 Å². The number of rotatable bonds is 32. The van der Waals surface area contributed by atoms with Gasteiger partial charge in [-0.15, -0.1) is 0 Å². The third kappa shape index (κ3) is 28.7. The van der Waals surface area contributed by atoms with Gasteiger partial charge in [-0.05, 0) is 169 Å². The molecule has 0 saturated heterocycles. The summed E-state index contributed by atoms with van der Waals surface area (Å²) >= 11 is 0. The van der Waals surface area contributed by atoms with Crippen molar-refractivity contribution in [2.45, 2.75) is 206 Å². The predicted molar refractivity (Wildman–Crippen MR) is 332 cm³/mol. The summed E-state index contributed by atoms with van der Waals surface area (Å²) in [6.45, 7) is 20.9. The third-order valence-electron chi connectivity index (χ3n) is 13.2. The van der Waals surface area contributed by atoms with Crippen molar-refractivity contribution in [1.82, 2.24) is 42.5 Å². The molecule has 0 radical (unpaired) electrons. The van der Waals surface area contributed by atoms with Crippen LogP contribution < -0.4 is 42.5 Å². The van der Waals surface area contributed by atoms with Crippen LogP contribution >= 0.6 is 0 Å². The van der Waals surface area contributed by atoms with E-state index in [0.29, 0.717) is 25.7 Å². The van der Waals surface area contributed by atoms with Gasteiger partial charge in [0.15, 0.2) is 0 Å². The first-order valence-electron chi connectivity index (χ1n) is 30.4. The zero-order valence-electron chi connectivity index (χ0n) is 53.5. The van der Waals surface area contributed by atoms with E-state index in [0.717, 1.165) is 27.8 Å². The quantitative estimate of drug-likeness (QED) is 0.0165. The first kappa shape index (κ1) is 72.5. The molecule has 0 heterocycles. The maximum atomic E-state index is 14.8. The number of nitrogens with one attached hydrogen (secondary N) is 8. The number of benzene rings is 3. The van der Waals surface area contributed by atoms with Gasteiger partial charge in [-0.3, -0.25) is 24.0 Å². The van der Waals surface area contributed by atoms with Crippen LogP contribution in [-0.4, -0.2) is 140 Å². The molecule has 0 aromatic heterocycles. The van der Waals surface area contributed by atoms with Gasteiger partial charge in [0.1, 0.15) is 54.2 Å². The van der Waals surface area contributed by atoms with Crippen LogP contribution in [0.1, 0.15) is 170 Å². The van der Waals surface area contributed by atoms with Crippen LogP contribution in [0.15, 0.2) is 78.9 Å². The van der Waals surface area contributed by atoms with Crippen molar-refractivity contribution in [3.8, 4) is 11.1 Å². The van der Waals surface area contributed by atoms with Gasteiger partial charge >= 0.3 is 30.3 Å². The van der Waals surface area contributed by atoms with Crippen LogP contribution in [0.4, 0.5) is 19.2 Å². The second-order valence-corrected chi connectivity index (χ2v) is 25.6. The molecule has 23 nitrogen and oxygen atoms in total. The summed E-state index contributed by atoms with van der Waals surface area (Å²) in [6, 6.07) is 19.5. The number of unbranched alkanes of at least 4 members (excludes halogenated alkanes) is 3. The molecule has 23 heteroatoms. The average molecular weight is 1230 g/mol. The van der Waals surface area contributed by atoms with E-state index < -0.39 is 101 Å². The lowest BCUT2D eigenvalue weighted by atomic mass is 9.98. The summed E-state index contributed by atoms with van der Waals surface area (Å²) < 4.78 is 33.3. The fourth-order valence-electron chi connectivity index (χ4n) is 9.08. The Morgan fingerprint density at radius 2 is 0.807 bits per heavy atom. The van der Waals surface area contributed by atoms with E-state index in [1.807, 2.05) is 78.9 Å². The summed E-state index contributed by atoms with van der Waals surface area (Å²) in [5, 5.41) is 21.8. The Morgan fingerprint density at radius 1 is 0.409 bits per heavy atom. The monoisotopic (exact) mass is 1230 g/mol. The molecule has 3 aromatic carbocycles. The lowest BCUT2D eigenvalue weighted by Gasteiger charge is -2.28. The van der Waals surface area contributed by atoms with Crippen LogP contribution in [-0.2, 0) is 59.0 Å². The summed E-state index contributed by atoms with van der Waals surface area (Å²) in [5.74, 6) is -3.83. The number of esters is 1. The molecular formula is C65H96N8O15.